The van der Waals surface area contributed by atoms with Gasteiger partial charge in [0.15, 0.2) is 4.67 Å². The van der Waals surface area contributed by atoms with E-state index in [1.807, 2.05) is 0 Å². The molecule has 0 aliphatic carbocycles. The Morgan fingerprint density at radius 2 is 1.85 bits per heavy atom. The Morgan fingerprint density at radius 1 is 1.15 bits per heavy atom. The summed E-state index contributed by atoms with van der Waals surface area (Å²) in [7, 11) is 0. The van der Waals surface area contributed by atoms with E-state index in [4.69, 9.17) is 16.0 Å². The highest BCUT2D eigenvalue weighted by atomic mass is 79.9. The van der Waals surface area contributed by atoms with Crippen LogP contribution in [0.2, 0.25) is 5.02 Å². The van der Waals surface area contributed by atoms with Crippen LogP contribution in [0.15, 0.2) is 37.8 Å². The van der Waals surface area contributed by atoms with Gasteiger partial charge in [-0.15, -0.1) is 0 Å². The van der Waals surface area contributed by atoms with Gasteiger partial charge in [-0.3, -0.25) is 0 Å². The summed E-state index contributed by atoms with van der Waals surface area (Å²) < 4.78 is 44.5. The predicted octanol–water partition coefficient (Wildman–Crippen LogP) is 6.09. The van der Waals surface area contributed by atoms with Crippen LogP contribution in [0.25, 0.3) is 0 Å². The summed E-state index contributed by atoms with van der Waals surface area (Å²) in [5.74, 6) is 0.567. The second-order valence-corrected chi connectivity index (χ2v) is 5.93. The highest BCUT2D eigenvalue weighted by Crippen LogP contribution is 2.33. The van der Waals surface area contributed by atoms with Crippen molar-refractivity contribution in [3.8, 4) is 0 Å². The van der Waals surface area contributed by atoms with Crippen molar-refractivity contribution in [2.45, 2.75) is 12.7 Å². The highest BCUT2D eigenvalue weighted by Gasteiger charge is 2.31. The molecule has 2 rings (SSSR count). The summed E-state index contributed by atoms with van der Waals surface area (Å²) >= 11 is 12.1. The summed E-state index contributed by atoms with van der Waals surface area (Å²) in [6.45, 7) is 0.238. The van der Waals surface area contributed by atoms with Gasteiger partial charge in [-0.05, 0) is 56.1 Å². The van der Waals surface area contributed by atoms with E-state index in [1.54, 1.807) is 6.07 Å². The van der Waals surface area contributed by atoms with E-state index in [9.17, 15) is 13.2 Å². The molecule has 0 saturated carbocycles. The SMILES string of the molecule is FC(F)(F)c1cc(Cl)cc(NCc2cc(Br)c(Br)o2)c1. The first kappa shape index (κ1) is 15.7. The molecule has 2 nitrogen and oxygen atoms in total. The molecule has 0 radical (unpaired) electrons. The summed E-state index contributed by atoms with van der Waals surface area (Å²) in [4.78, 5) is 0. The van der Waals surface area contributed by atoms with Crippen LogP contribution in [0.1, 0.15) is 11.3 Å². The third-order valence-electron chi connectivity index (χ3n) is 2.39. The number of anilines is 1. The molecular formula is C12H7Br2ClF3NO. The molecule has 1 aromatic carbocycles. The number of hydrogen-bond donors (Lipinski definition) is 1. The lowest BCUT2D eigenvalue weighted by Crippen LogP contribution is -2.06. The standard InChI is InChI=1S/C12H7Br2ClF3NO/c13-10-4-9(20-11(10)14)5-19-8-2-6(12(16,17)18)1-7(15)3-8/h1-4,19H,5H2. The normalized spacial score (nSPS) is 11.7. The van der Waals surface area contributed by atoms with Crippen molar-refractivity contribution in [1.29, 1.82) is 0 Å². The third kappa shape index (κ3) is 3.93. The molecule has 1 aromatic heterocycles. The maximum Gasteiger partial charge on any atom is 0.416 e. The monoisotopic (exact) mass is 431 g/mol. The van der Waals surface area contributed by atoms with E-state index in [2.05, 4.69) is 37.2 Å². The van der Waals surface area contributed by atoms with Crippen LogP contribution >= 0.6 is 43.5 Å². The first-order valence-electron chi connectivity index (χ1n) is 5.31. The van der Waals surface area contributed by atoms with Crippen molar-refractivity contribution in [2.75, 3.05) is 5.32 Å². The fourth-order valence-electron chi connectivity index (χ4n) is 1.52. The van der Waals surface area contributed by atoms with Gasteiger partial charge in [-0.1, -0.05) is 11.6 Å². The van der Waals surface area contributed by atoms with Crippen LogP contribution in [0.5, 0.6) is 0 Å². The van der Waals surface area contributed by atoms with Crippen molar-refractivity contribution in [2.24, 2.45) is 0 Å². The third-order valence-corrected chi connectivity index (χ3v) is 4.32. The lowest BCUT2D eigenvalue weighted by molar-refractivity contribution is -0.137. The summed E-state index contributed by atoms with van der Waals surface area (Å²) in [6.07, 6.45) is -4.43. The smallest absolute Gasteiger partial charge is 0.416 e. The maximum atomic E-state index is 12.7. The molecule has 20 heavy (non-hydrogen) atoms. The molecule has 0 aliphatic heterocycles. The Kier molecular flexibility index (Phi) is 4.71. The Morgan fingerprint density at radius 3 is 2.40 bits per heavy atom. The Labute approximate surface area is 134 Å². The lowest BCUT2D eigenvalue weighted by Gasteiger charge is -2.11. The molecule has 1 N–H and O–H groups in total. The molecular weight excluding hydrogens is 426 g/mol. The zero-order valence-corrected chi connectivity index (χ0v) is 13.6. The summed E-state index contributed by atoms with van der Waals surface area (Å²) in [6, 6.07) is 5.02. The number of rotatable bonds is 3. The first-order chi connectivity index (χ1) is 9.25. The maximum absolute atomic E-state index is 12.7. The van der Waals surface area contributed by atoms with Crippen molar-refractivity contribution in [3.63, 3.8) is 0 Å². The summed E-state index contributed by atoms with van der Waals surface area (Å²) in [5, 5.41) is 2.85. The highest BCUT2D eigenvalue weighted by molar-refractivity contribution is 9.13. The molecule has 108 valence electrons. The van der Waals surface area contributed by atoms with Crippen LogP contribution in [0.4, 0.5) is 18.9 Å². The zero-order valence-electron chi connectivity index (χ0n) is 9.69. The van der Waals surface area contributed by atoms with Crippen LogP contribution in [0, 0.1) is 0 Å². The van der Waals surface area contributed by atoms with Crippen molar-refractivity contribution in [3.05, 3.63) is 49.8 Å². The van der Waals surface area contributed by atoms with Crippen molar-refractivity contribution >= 4 is 49.1 Å². The van der Waals surface area contributed by atoms with Gasteiger partial charge in [-0.25, -0.2) is 0 Å². The minimum atomic E-state index is -4.43. The predicted molar refractivity (Wildman–Crippen MR) is 77.9 cm³/mol. The topological polar surface area (TPSA) is 25.2 Å². The van der Waals surface area contributed by atoms with E-state index >= 15 is 0 Å². The minimum absolute atomic E-state index is 0.0177. The molecule has 0 saturated heterocycles. The van der Waals surface area contributed by atoms with Gasteiger partial charge in [0.25, 0.3) is 0 Å². The molecule has 0 aliphatic rings. The molecule has 0 fully saturated rings. The van der Waals surface area contributed by atoms with Crippen LogP contribution < -0.4 is 5.32 Å². The molecule has 0 amide bonds. The van der Waals surface area contributed by atoms with Gasteiger partial charge in [0.1, 0.15) is 5.76 Å². The molecule has 0 atom stereocenters. The number of hydrogen-bond acceptors (Lipinski definition) is 2. The first-order valence-corrected chi connectivity index (χ1v) is 7.27. The molecule has 2 aromatic rings. The molecule has 0 unspecified atom stereocenters. The second-order valence-electron chi connectivity index (χ2n) is 3.91. The van der Waals surface area contributed by atoms with E-state index in [-0.39, 0.29) is 17.3 Å². The quantitative estimate of drug-likeness (QED) is 0.634. The van der Waals surface area contributed by atoms with E-state index in [0.717, 1.165) is 16.6 Å². The Hall–Kier alpha value is -0.660. The second kappa shape index (κ2) is 5.99. The van der Waals surface area contributed by atoms with Gasteiger partial charge < -0.3 is 9.73 Å². The number of furan rings is 1. The average Bonchev–Trinajstić information content (AvgIpc) is 2.65. The number of benzene rings is 1. The number of halogens is 6. The van der Waals surface area contributed by atoms with Gasteiger partial charge in [0.05, 0.1) is 16.6 Å². The summed E-state index contributed by atoms with van der Waals surface area (Å²) in [5.41, 5.74) is -0.525. The Balaban J connectivity index is 2.15. The van der Waals surface area contributed by atoms with Crippen LogP contribution in [0.3, 0.4) is 0 Å². The van der Waals surface area contributed by atoms with E-state index < -0.39 is 11.7 Å². The number of nitrogens with one attached hydrogen (secondary N) is 1. The lowest BCUT2D eigenvalue weighted by atomic mass is 10.2. The Bertz CT molecular complexity index is 608. The average molecular weight is 433 g/mol. The van der Waals surface area contributed by atoms with Gasteiger partial charge in [0.2, 0.25) is 0 Å². The molecule has 0 spiro atoms. The van der Waals surface area contributed by atoms with Gasteiger partial charge in [-0.2, -0.15) is 13.2 Å². The van der Waals surface area contributed by atoms with E-state index in [1.165, 1.54) is 6.07 Å². The molecule has 0 bridgehead atoms. The van der Waals surface area contributed by atoms with Crippen molar-refractivity contribution in [1.82, 2.24) is 0 Å². The van der Waals surface area contributed by atoms with E-state index in [0.29, 0.717) is 10.4 Å². The zero-order chi connectivity index (χ0) is 14.9. The van der Waals surface area contributed by atoms with Gasteiger partial charge in [0, 0.05) is 10.7 Å². The molecule has 1 heterocycles. The van der Waals surface area contributed by atoms with Crippen molar-refractivity contribution < 1.29 is 17.6 Å². The molecule has 8 heteroatoms. The largest absolute Gasteiger partial charge is 0.451 e. The fraction of sp³-hybridized carbons (Fsp3) is 0.167. The van der Waals surface area contributed by atoms with Gasteiger partial charge >= 0.3 is 6.18 Å². The van der Waals surface area contributed by atoms with Crippen LogP contribution in [-0.4, -0.2) is 0 Å². The number of alkyl halides is 3. The van der Waals surface area contributed by atoms with Crippen LogP contribution in [-0.2, 0) is 12.7 Å². The minimum Gasteiger partial charge on any atom is -0.451 e. The fourth-order valence-corrected chi connectivity index (χ4v) is 2.42.